The Morgan fingerprint density at radius 3 is 2.59 bits per heavy atom. The largest absolute Gasteiger partial charge is 0.360 e. The van der Waals surface area contributed by atoms with Crippen molar-refractivity contribution >= 4 is 23.3 Å². The smallest absolute Gasteiger partial charge is 0.229 e. The van der Waals surface area contributed by atoms with E-state index >= 15 is 0 Å². The number of aryl methyl sites for hydroxylation is 3. The van der Waals surface area contributed by atoms with E-state index in [1.807, 2.05) is 13.8 Å². The normalized spacial score (nSPS) is 10.5. The summed E-state index contributed by atoms with van der Waals surface area (Å²) in [5, 5.41) is 10.2. The molecule has 0 spiro atoms. The molecule has 0 aliphatic rings. The van der Waals surface area contributed by atoms with Crippen molar-refractivity contribution in [3.05, 3.63) is 53.4 Å². The van der Waals surface area contributed by atoms with Gasteiger partial charge in [-0.1, -0.05) is 17.3 Å². The number of hydrogen-bond acceptors (Lipinski definition) is 6. The molecule has 3 aromatic rings. The van der Waals surface area contributed by atoms with Gasteiger partial charge < -0.3 is 15.2 Å². The Morgan fingerprint density at radius 1 is 0.955 bits per heavy atom. The maximum absolute atomic E-state index is 5.02. The van der Waals surface area contributed by atoms with Gasteiger partial charge in [0, 0.05) is 18.0 Å². The second-order valence-electron chi connectivity index (χ2n) is 5.16. The molecule has 0 saturated carbocycles. The number of nitrogens with zero attached hydrogens (tertiary/aromatic N) is 3. The SMILES string of the molecule is Cc1ccc(C)c(Nc2nccc(Nc3cc(C)on3)n2)c1. The number of aromatic nitrogens is 3. The first kappa shape index (κ1) is 14.1. The fourth-order valence-electron chi connectivity index (χ4n) is 2.04. The molecule has 22 heavy (non-hydrogen) atoms. The van der Waals surface area contributed by atoms with Gasteiger partial charge in [0.25, 0.3) is 0 Å². The van der Waals surface area contributed by atoms with Gasteiger partial charge in [-0.15, -0.1) is 0 Å². The lowest BCUT2D eigenvalue weighted by atomic mass is 10.1. The quantitative estimate of drug-likeness (QED) is 0.760. The first-order chi connectivity index (χ1) is 10.6. The molecular weight excluding hydrogens is 278 g/mol. The minimum Gasteiger partial charge on any atom is -0.360 e. The molecule has 0 amide bonds. The van der Waals surface area contributed by atoms with Crippen LogP contribution in [0.2, 0.25) is 0 Å². The van der Waals surface area contributed by atoms with Gasteiger partial charge in [-0.05, 0) is 44.0 Å². The molecule has 3 rings (SSSR count). The summed E-state index contributed by atoms with van der Waals surface area (Å²) in [7, 11) is 0. The van der Waals surface area contributed by atoms with Crippen molar-refractivity contribution in [3.63, 3.8) is 0 Å². The Morgan fingerprint density at radius 2 is 1.82 bits per heavy atom. The standard InChI is InChI=1S/C16H17N5O/c1-10-4-5-11(2)13(8-10)18-16-17-7-6-14(20-16)19-15-9-12(3)22-21-15/h4-9H,1-3H3,(H2,17,18,19,20,21). The van der Waals surface area contributed by atoms with Crippen LogP contribution in [0.15, 0.2) is 41.1 Å². The van der Waals surface area contributed by atoms with E-state index in [4.69, 9.17) is 4.52 Å². The fraction of sp³-hybridized carbons (Fsp3) is 0.188. The second-order valence-corrected chi connectivity index (χ2v) is 5.16. The summed E-state index contributed by atoms with van der Waals surface area (Å²) in [6, 6.07) is 9.79. The zero-order chi connectivity index (χ0) is 15.5. The predicted molar refractivity (Wildman–Crippen MR) is 85.8 cm³/mol. The number of nitrogens with one attached hydrogen (secondary N) is 2. The van der Waals surface area contributed by atoms with Crippen LogP contribution in [0.5, 0.6) is 0 Å². The summed E-state index contributed by atoms with van der Waals surface area (Å²) in [6.07, 6.45) is 1.69. The predicted octanol–water partition coefficient (Wildman–Crippen LogP) is 3.88. The van der Waals surface area contributed by atoms with Crippen LogP contribution < -0.4 is 10.6 Å². The summed E-state index contributed by atoms with van der Waals surface area (Å²) >= 11 is 0. The van der Waals surface area contributed by atoms with E-state index in [1.165, 1.54) is 5.56 Å². The van der Waals surface area contributed by atoms with Gasteiger partial charge in [0.2, 0.25) is 5.95 Å². The van der Waals surface area contributed by atoms with Crippen LogP contribution >= 0.6 is 0 Å². The molecule has 0 bridgehead atoms. The summed E-state index contributed by atoms with van der Waals surface area (Å²) < 4.78 is 5.02. The molecular formula is C16H17N5O. The Balaban J connectivity index is 1.80. The van der Waals surface area contributed by atoms with E-state index in [-0.39, 0.29) is 0 Å². The third kappa shape index (κ3) is 3.22. The number of hydrogen-bond donors (Lipinski definition) is 2. The highest BCUT2D eigenvalue weighted by molar-refractivity contribution is 5.61. The number of anilines is 4. The lowest BCUT2D eigenvalue weighted by Crippen LogP contribution is -2.01. The van der Waals surface area contributed by atoms with Gasteiger partial charge in [-0.25, -0.2) is 4.98 Å². The molecule has 0 radical (unpaired) electrons. The van der Waals surface area contributed by atoms with Crippen LogP contribution in [0.1, 0.15) is 16.9 Å². The highest BCUT2D eigenvalue weighted by Gasteiger charge is 2.05. The molecule has 6 heteroatoms. The highest BCUT2D eigenvalue weighted by atomic mass is 16.5. The lowest BCUT2D eigenvalue weighted by molar-refractivity contribution is 0.400. The first-order valence-electron chi connectivity index (χ1n) is 6.98. The molecule has 112 valence electrons. The summed E-state index contributed by atoms with van der Waals surface area (Å²) in [6.45, 7) is 5.93. The van der Waals surface area contributed by atoms with E-state index in [9.17, 15) is 0 Å². The van der Waals surface area contributed by atoms with Crippen LogP contribution in [0.25, 0.3) is 0 Å². The maximum atomic E-state index is 5.02. The Labute approximate surface area is 128 Å². The minimum absolute atomic E-state index is 0.527. The monoisotopic (exact) mass is 295 g/mol. The van der Waals surface area contributed by atoms with Crippen molar-refractivity contribution in [2.75, 3.05) is 10.6 Å². The first-order valence-corrected chi connectivity index (χ1v) is 6.98. The molecule has 0 aliphatic carbocycles. The minimum atomic E-state index is 0.527. The molecule has 2 heterocycles. The Bertz CT molecular complexity index is 797. The van der Waals surface area contributed by atoms with Crippen molar-refractivity contribution in [1.82, 2.24) is 15.1 Å². The molecule has 0 saturated heterocycles. The molecule has 6 nitrogen and oxygen atoms in total. The summed E-state index contributed by atoms with van der Waals surface area (Å²) in [5.74, 6) is 2.54. The molecule has 2 aromatic heterocycles. The van der Waals surface area contributed by atoms with Crippen LogP contribution in [-0.2, 0) is 0 Å². The zero-order valence-corrected chi connectivity index (χ0v) is 12.7. The van der Waals surface area contributed by atoms with Crippen LogP contribution in [0.3, 0.4) is 0 Å². The highest BCUT2D eigenvalue weighted by Crippen LogP contribution is 2.21. The van der Waals surface area contributed by atoms with Crippen LogP contribution in [0, 0.1) is 20.8 Å². The lowest BCUT2D eigenvalue weighted by Gasteiger charge is -2.10. The van der Waals surface area contributed by atoms with Crippen molar-refractivity contribution in [2.24, 2.45) is 0 Å². The summed E-state index contributed by atoms with van der Waals surface area (Å²) in [5.41, 5.74) is 3.31. The van der Waals surface area contributed by atoms with E-state index in [0.717, 1.165) is 17.0 Å². The number of benzene rings is 1. The van der Waals surface area contributed by atoms with E-state index < -0.39 is 0 Å². The van der Waals surface area contributed by atoms with Crippen molar-refractivity contribution in [1.29, 1.82) is 0 Å². The van der Waals surface area contributed by atoms with Gasteiger partial charge >= 0.3 is 0 Å². The van der Waals surface area contributed by atoms with E-state index in [1.54, 1.807) is 18.3 Å². The second kappa shape index (κ2) is 5.85. The van der Waals surface area contributed by atoms with Crippen LogP contribution in [-0.4, -0.2) is 15.1 Å². The maximum Gasteiger partial charge on any atom is 0.229 e. The molecule has 0 aliphatic heterocycles. The molecule has 2 N–H and O–H groups in total. The van der Waals surface area contributed by atoms with Crippen molar-refractivity contribution < 1.29 is 4.52 Å². The van der Waals surface area contributed by atoms with Crippen LogP contribution in [0.4, 0.5) is 23.3 Å². The van der Waals surface area contributed by atoms with Gasteiger partial charge in [-0.2, -0.15) is 4.98 Å². The zero-order valence-electron chi connectivity index (χ0n) is 12.7. The third-order valence-corrected chi connectivity index (χ3v) is 3.18. The number of rotatable bonds is 4. The van der Waals surface area contributed by atoms with Gasteiger partial charge in [0.05, 0.1) is 0 Å². The van der Waals surface area contributed by atoms with Crippen molar-refractivity contribution in [3.8, 4) is 0 Å². The topological polar surface area (TPSA) is 75.9 Å². The third-order valence-electron chi connectivity index (χ3n) is 3.18. The average Bonchev–Trinajstić information content (AvgIpc) is 2.88. The average molecular weight is 295 g/mol. The molecule has 1 aromatic carbocycles. The fourth-order valence-corrected chi connectivity index (χ4v) is 2.04. The molecule has 0 fully saturated rings. The van der Waals surface area contributed by atoms with E-state index in [2.05, 4.69) is 50.9 Å². The molecule has 0 atom stereocenters. The Hall–Kier alpha value is -2.89. The van der Waals surface area contributed by atoms with Gasteiger partial charge in [0.1, 0.15) is 11.6 Å². The van der Waals surface area contributed by atoms with Gasteiger partial charge in [0.15, 0.2) is 5.82 Å². The van der Waals surface area contributed by atoms with E-state index in [0.29, 0.717) is 17.6 Å². The molecule has 0 unspecified atom stereocenters. The van der Waals surface area contributed by atoms with Crippen molar-refractivity contribution in [2.45, 2.75) is 20.8 Å². The Kier molecular flexibility index (Phi) is 3.74. The van der Waals surface area contributed by atoms with Gasteiger partial charge in [-0.3, -0.25) is 0 Å². The summed E-state index contributed by atoms with van der Waals surface area (Å²) in [4.78, 5) is 8.67.